The zero-order chi connectivity index (χ0) is 17.5. The van der Waals surface area contributed by atoms with Gasteiger partial charge >= 0.3 is 0 Å². The maximum Gasteiger partial charge on any atom is 0.256 e. The number of rotatable bonds is 7. The molecule has 0 fully saturated rings. The number of hydrogen-bond acceptors (Lipinski definition) is 4. The molecule has 0 heterocycles. The molecule has 1 N–H and O–H groups in total. The van der Waals surface area contributed by atoms with E-state index >= 15 is 0 Å². The van der Waals surface area contributed by atoms with Crippen LogP contribution in [-0.2, 0) is 0 Å². The van der Waals surface area contributed by atoms with Gasteiger partial charge in [0.1, 0.15) is 17.2 Å². The minimum Gasteiger partial charge on any atom is -0.496 e. The Morgan fingerprint density at radius 1 is 1.04 bits per heavy atom. The second-order valence-electron chi connectivity index (χ2n) is 5.30. The largest absolute Gasteiger partial charge is 0.496 e. The van der Waals surface area contributed by atoms with Crippen LogP contribution < -0.4 is 19.5 Å². The van der Waals surface area contributed by atoms with Gasteiger partial charge in [0.2, 0.25) is 0 Å². The monoisotopic (exact) mass is 329 g/mol. The van der Waals surface area contributed by atoms with Gasteiger partial charge in [0, 0.05) is 11.1 Å². The van der Waals surface area contributed by atoms with Crippen LogP contribution in [0.25, 0.3) is 0 Å². The lowest BCUT2D eigenvalue weighted by Gasteiger charge is -2.14. The van der Waals surface area contributed by atoms with Gasteiger partial charge in [-0.2, -0.15) is 0 Å². The van der Waals surface area contributed by atoms with E-state index in [1.54, 1.807) is 26.4 Å². The van der Waals surface area contributed by atoms with Crippen molar-refractivity contribution in [2.45, 2.75) is 20.3 Å². The quantitative estimate of drug-likeness (QED) is 0.832. The summed E-state index contributed by atoms with van der Waals surface area (Å²) in [6.45, 7) is 4.51. The molecule has 2 aromatic rings. The fourth-order valence-corrected chi connectivity index (χ4v) is 2.32. The Labute approximate surface area is 142 Å². The highest BCUT2D eigenvalue weighted by Gasteiger charge is 2.15. The molecule has 1 amide bonds. The Balaban J connectivity index is 2.27. The molecule has 0 atom stereocenters. The summed E-state index contributed by atoms with van der Waals surface area (Å²) in [5.74, 6) is 1.61. The number of para-hydroxylation sites is 2. The third-order valence-corrected chi connectivity index (χ3v) is 3.61. The van der Waals surface area contributed by atoms with E-state index in [-0.39, 0.29) is 5.91 Å². The molecule has 0 aliphatic rings. The van der Waals surface area contributed by atoms with Crippen LogP contribution in [-0.4, -0.2) is 26.7 Å². The molecule has 24 heavy (non-hydrogen) atoms. The minimum absolute atomic E-state index is 0.251. The maximum absolute atomic E-state index is 12.6. The van der Waals surface area contributed by atoms with E-state index in [0.717, 1.165) is 12.0 Å². The van der Waals surface area contributed by atoms with Gasteiger partial charge in [-0.3, -0.25) is 4.79 Å². The van der Waals surface area contributed by atoms with Crippen LogP contribution in [0, 0.1) is 6.92 Å². The average Bonchev–Trinajstić information content (AvgIpc) is 2.61. The lowest BCUT2D eigenvalue weighted by molar-refractivity contribution is 0.102. The van der Waals surface area contributed by atoms with Crippen LogP contribution in [0.4, 0.5) is 5.69 Å². The summed E-state index contributed by atoms with van der Waals surface area (Å²) < 4.78 is 16.3. The lowest BCUT2D eigenvalue weighted by atomic mass is 10.1. The van der Waals surface area contributed by atoms with Gasteiger partial charge < -0.3 is 19.5 Å². The number of benzene rings is 2. The van der Waals surface area contributed by atoms with E-state index in [9.17, 15) is 4.79 Å². The van der Waals surface area contributed by atoms with Crippen molar-refractivity contribution in [1.29, 1.82) is 0 Å². The first-order valence-electron chi connectivity index (χ1n) is 7.86. The highest BCUT2D eigenvalue weighted by molar-refractivity contribution is 6.05. The molecule has 0 aromatic heterocycles. The van der Waals surface area contributed by atoms with E-state index < -0.39 is 0 Å². The number of carbonyl (C=O) groups is 1. The first-order valence-corrected chi connectivity index (χ1v) is 7.86. The molecule has 5 heteroatoms. The molecule has 0 aliphatic carbocycles. The number of nitrogens with one attached hydrogen (secondary N) is 1. The second kappa shape index (κ2) is 8.24. The van der Waals surface area contributed by atoms with E-state index in [1.807, 2.05) is 38.1 Å². The topological polar surface area (TPSA) is 56.8 Å². The highest BCUT2D eigenvalue weighted by atomic mass is 16.5. The molecular formula is C19H23NO4. The van der Waals surface area contributed by atoms with Crippen molar-refractivity contribution in [2.75, 3.05) is 26.1 Å². The zero-order valence-corrected chi connectivity index (χ0v) is 14.5. The summed E-state index contributed by atoms with van der Waals surface area (Å²) >= 11 is 0. The Hall–Kier alpha value is -2.69. The predicted molar refractivity (Wildman–Crippen MR) is 94.5 cm³/mol. The number of methoxy groups -OCH3 is 2. The smallest absolute Gasteiger partial charge is 0.256 e. The van der Waals surface area contributed by atoms with Crippen molar-refractivity contribution in [1.82, 2.24) is 0 Å². The minimum atomic E-state index is -0.251. The fraction of sp³-hybridized carbons (Fsp3) is 0.316. The molecule has 128 valence electrons. The Morgan fingerprint density at radius 2 is 1.67 bits per heavy atom. The van der Waals surface area contributed by atoms with Crippen molar-refractivity contribution in [3.63, 3.8) is 0 Å². The normalized spacial score (nSPS) is 10.2. The maximum atomic E-state index is 12.6. The second-order valence-corrected chi connectivity index (χ2v) is 5.30. The van der Waals surface area contributed by atoms with Gasteiger partial charge in [-0.05, 0) is 37.6 Å². The summed E-state index contributed by atoms with van der Waals surface area (Å²) in [7, 11) is 3.13. The van der Waals surface area contributed by atoms with Gasteiger partial charge in [-0.25, -0.2) is 0 Å². The van der Waals surface area contributed by atoms with E-state index in [2.05, 4.69) is 5.32 Å². The number of hydrogen-bond donors (Lipinski definition) is 1. The number of carbonyl (C=O) groups excluding carboxylic acids is 1. The average molecular weight is 329 g/mol. The highest BCUT2D eigenvalue weighted by Crippen LogP contribution is 2.30. The van der Waals surface area contributed by atoms with Gasteiger partial charge in [0.15, 0.2) is 0 Å². The molecule has 0 spiro atoms. The molecule has 0 radical (unpaired) electrons. The van der Waals surface area contributed by atoms with Crippen LogP contribution >= 0.6 is 0 Å². The van der Waals surface area contributed by atoms with Gasteiger partial charge in [-0.1, -0.05) is 19.1 Å². The molecule has 2 aromatic carbocycles. The molecule has 0 unspecified atom stereocenters. The summed E-state index contributed by atoms with van der Waals surface area (Å²) in [4.78, 5) is 12.6. The number of ether oxygens (including phenoxy) is 3. The molecule has 0 bridgehead atoms. The first kappa shape index (κ1) is 17.7. The fourth-order valence-electron chi connectivity index (χ4n) is 2.32. The first-order chi connectivity index (χ1) is 11.6. The van der Waals surface area contributed by atoms with Gasteiger partial charge in [0.25, 0.3) is 5.91 Å². The van der Waals surface area contributed by atoms with Crippen LogP contribution in [0.1, 0.15) is 29.3 Å². The third-order valence-electron chi connectivity index (χ3n) is 3.61. The molecule has 0 saturated carbocycles. The Kier molecular flexibility index (Phi) is 6.07. The van der Waals surface area contributed by atoms with Crippen LogP contribution in [0.5, 0.6) is 17.2 Å². The summed E-state index contributed by atoms with van der Waals surface area (Å²) in [5, 5.41) is 2.88. The van der Waals surface area contributed by atoms with Gasteiger partial charge in [0.05, 0.1) is 26.5 Å². The van der Waals surface area contributed by atoms with Crippen LogP contribution in [0.3, 0.4) is 0 Å². The standard InChI is InChI=1S/C19H23NO4/c1-5-10-24-16-9-7-6-8-15(16)20-19(21)14-11-17(22-3)13(2)18(12-14)23-4/h6-9,11-12H,5,10H2,1-4H3,(H,20,21). The van der Waals surface area contributed by atoms with Crippen molar-refractivity contribution in [3.05, 3.63) is 47.5 Å². The van der Waals surface area contributed by atoms with Crippen molar-refractivity contribution in [2.24, 2.45) is 0 Å². The number of amides is 1. The molecule has 5 nitrogen and oxygen atoms in total. The number of anilines is 1. The van der Waals surface area contributed by atoms with Gasteiger partial charge in [-0.15, -0.1) is 0 Å². The van der Waals surface area contributed by atoms with Crippen molar-refractivity contribution in [3.8, 4) is 17.2 Å². The molecular weight excluding hydrogens is 306 g/mol. The molecule has 2 rings (SSSR count). The summed E-state index contributed by atoms with van der Waals surface area (Å²) in [6.07, 6.45) is 0.897. The third kappa shape index (κ3) is 3.98. The van der Waals surface area contributed by atoms with Crippen molar-refractivity contribution < 1.29 is 19.0 Å². The SMILES string of the molecule is CCCOc1ccccc1NC(=O)c1cc(OC)c(C)c(OC)c1. The summed E-state index contributed by atoms with van der Waals surface area (Å²) in [5.41, 5.74) is 1.94. The van der Waals surface area contributed by atoms with Crippen LogP contribution in [0.2, 0.25) is 0 Å². The Morgan fingerprint density at radius 3 is 2.25 bits per heavy atom. The molecule has 0 aliphatic heterocycles. The van der Waals surface area contributed by atoms with Crippen molar-refractivity contribution >= 4 is 11.6 Å². The van der Waals surface area contributed by atoms with Crippen LogP contribution in [0.15, 0.2) is 36.4 Å². The Bertz CT molecular complexity index is 687. The van der Waals surface area contributed by atoms with E-state index in [4.69, 9.17) is 14.2 Å². The predicted octanol–water partition coefficient (Wildman–Crippen LogP) is 4.05. The summed E-state index contributed by atoms with van der Waals surface area (Å²) in [6, 6.07) is 10.8. The van der Waals surface area contributed by atoms with E-state index in [0.29, 0.717) is 35.1 Å². The molecule has 0 saturated heterocycles. The van der Waals surface area contributed by atoms with E-state index in [1.165, 1.54) is 0 Å². The zero-order valence-electron chi connectivity index (χ0n) is 14.5. The lowest BCUT2D eigenvalue weighted by Crippen LogP contribution is -2.13.